The predicted molar refractivity (Wildman–Crippen MR) is 117 cm³/mol. The number of rotatable bonds is 12. The Labute approximate surface area is 173 Å². The van der Waals surface area contributed by atoms with Gasteiger partial charge in [0, 0.05) is 31.5 Å². The molecule has 0 heterocycles. The largest absolute Gasteiger partial charge is 0.356 e. The summed E-state index contributed by atoms with van der Waals surface area (Å²) in [5, 5.41) is 3.94. The van der Waals surface area contributed by atoms with Crippen LogP contribution >= 0.6 is 0 Å². The molecule has 156 valence electrons. The minimum atomic E-state index is -3.56. The molecule has 7 heteroatoms. The van der Waals surface area contributed by atoms with Crippen molar-refractivity contribution in [3.8, 4) is 0 Å². The Morgan fingerprint density at radius 1 is 1.00 bits per heavy atom. The number of hydrogen-bond donors (Lipinski definition) is 2. The molecule has 2 aromatic rings. The number of carbonyl (C=O) groups excluding carboxylic acids is 1. The lowest BCUT2D eigenvalue weighted by molar-refractivity contribution is -0.120. The van der Waals surface area contributed by atoms with Crippen LogP contribution in [0.5, 0.6) is 0 Å². The molecule has 0 saturated heterocycles. The molecule has 0 saturated carbocycles. The van der Waals surface area contributed by atoms with E-state index in [4.69, 9.17) is 0 Å². The minimum Gasteiger partial charge on any atom is -0.356 e. The molecule has 29 heavy (non-hydrogen) atoms. The van der Waals surface area contributed by atoms with Crippen molar-refractivity contribution in [2.75, 3.05) is 26.7 Å². The standard InChI is InChI=1S/C22H29N3O3S/c1-25(19-21-11-6-3-7-12-21)17-8-15-23-22(26)13-16-24-29(27,28)18-14-20-9-4-2-5-10-20/h2-7,9-12,14,18,24H,8,13,15-17,19H2,1H3,(H,23,26)/b18-14+. The van der Waals surface area contributed by atoms with E-state index in [1.807, 2.05) is 55.6 Å². The molecular formula is C22H29N3O3S. The highest BCUT2D eigenvalue weighted by Crippen LogP contribution is 2.03. The van der Waals surface area contributed by atoms with Gasteiger partial charge < -0.3 is 10.2 Å². The van der Waals surface area contributed by atoms with Crippen LogP contribution in [-0.4, -0.2) is 45.9 Å². The first-order valence-electron chi connectivity index (χ1n) is 9.66. The van der Waals surface area contributed by atoms with Crippen LogP contribution in [0.4, 0.5) is 0 Å². The molecule has 0 unspecified atom stereocenters. The number of benzene rings is 2. The van der Waals surface area contributed by atoms with Gasteiger partial charge in [-0.15, -0.1) is 0 Å². The van der Waals surface area contributed by atoms with Crippen molar-refractivity contribution in [1.82, 2.24) is 14.9 Å². The van der Waals surface area contributed by atoms with E-state index in [-0.39, 0.29) is 18.9 Å². The molecule has 0 fully saturated rings. The van der Waals surface area contributed by atoms with Crippen LogP contribution in [0, 0.1) is 0 Å². The monoisotopic (exact) mass is 415 g/mol. The number of hydrogen-bond acceptors (Lipinski definition) is 4. The second-order valence-corrected chi connectivity index (χ2v) is 8.48. The van der Waals surface area contributed by atoms with Gasteiger partial charge in [0.05, 0.1) is 0 Å². The second kappa shape index (κ2) is 12.2. The summed E-state index contributed by atoms with van der Waals surface area (Å²) in [5.41, 5.74) is 2.06. The van der Waals surface area contributed by atoms with Gasteiger partial charge in [0.1, 0.15) is 0 Å². The molecule has 0 aliphatic heterocycles. The molecule has 0 spiro atoms. The fraction of sp³-hybridized carbons (Fsp3) is 0.318. The maximum absolute atomic E-state index is 11.9. The van der Waals surface area contributed by atoms with Crippen molar-refractivity contribution in [3.05, 3.63) is 77.2 Å². The van der Waals surface area contributed by atoms with E-state index >= 15 is 0 Å². The fourth-order valence-corrected chi connectivity index (χ4v) is 3.55. The molecule has 0 aromatic heterocycles. The maximum Gasteiger partial charge on any atom is 0.233 e. The first-order valence-corrected chi connectivity index (χ1v) is 11.2. The number of carbonyl (C=O) groups is 1. The van der Waals surface area contributed by atoms with Crippen LogP contribution in [0.3, 0.4) is 0 Å². The molecule has 0 aliphatic carbocycles. The smallest absolute Gasteiger partial charge is 0.233 e. The summed E-state index contributed by atoms with van der Waals surface area (Å²) in [7, 11) is -1.51. The molecule has 1 amide bonds. The van der Waals surface area contributed by atoms with Gasteiger partial charge in [0.25, 0.3) is 0 Å². The van der Waals surface area contributed by atoms with E-state index in [1.54, 1.807) is 0 Å². The average molecular weight is 416 g/mol. The van der Waals surface area contributed by atoms with E-state index < -0.39 is 10.0 Å². The van der Waals surface area contributed by atoms with Gasteiger partial charge in [-0.3, -0.25) is 4.79 Å². The van der Waals surface area contributed by atoms with E-state index in [0.29, 0.717) is 6.54 Å². The van der Waals surface area contributed by atoms with Gasteiger partial charge in [-0.2, -0.15) is 0 Å². The second-order valence-electron chi connectivity index (χ2n) is 6.83. The topological polar surface area (TPSA) is 78.5 Å². The Morgan fingerprint density at radius 3 is 2.34 bits per heavy atom. The molecule has 2 N–H and O–H groups in total. The molecule has 6 nitrogen and oxygen atoms in total. The van der Waals surface area contributed by atoms with Crippen molar-refractivity contribution in [3.63, 3.8) is 0 Å². The first-order chi connectivity index (χ1) is 13.9. The lowest BCUT2D eigenvalue weighted by Crippen LogP contribution is -2.31. The van der Waals surface area contributed by atoms with Gasteiger partial charge in [0.2, 0.25) is 15.9 Å². The predicted octanol–water partition coefficient (Wildman–Crippen LogP) is 2.61. The van der Waals surface area contributed by atoms with E-state index in [9.17, 15) is 13.2 Å². The van der Waals surface area contributed by atoms with Crippen LogP contribution in [0.25, 0.3) is 6.08 Å². The molecule has 0 atom stereocenters. The molecule has 2 aromatic carbocycles. The summed E-state index contributed by atoms with van der Waals surface area (Å²) in [5.74, 6) is -0.162. The van der Waals surface area contributed by atoms with E-state index in [2.05, 4.69) is 27.1 Å². The zero-order chi connectivity index (χ0) is 21.0. The third-order valence-corrected chi connectivity index (χ3v) is 5.33. The molecule has 0 bridgehead atoms. The lowest BCUT2D eigenvalue weighted by Gasteiger charge is -2.16. The van der Waals surface area contributed by atoms with Crippen LogP contribution in [0.2, 0.25) is 0 Å². The summed E-state index contributed by atoms with van der Waals surface area (Å²) in [6.07, 6.45) is 2.47. The highest BCUT2D eigenvalue weighted by atomic mass is 32.2. The summed E-state index contributed by atoms with van der Waals surface area (Å²) in [6.45, 7) is 2.37. The third kappa shape index (κ3) is 10.0. The highest BCUT2D eigenvalue weighted by molar-refractivity contribution is 7.92. The first kappa shape index (κ1) is 22.8. The van der Waals surface area contributed by atoms with Gasteiger partial charge in [-0.1, -0.05) is 60.7 Å². The summed E-state index contributed by atoms with van der Waals surface area (Å²) >= 11 is 0. The Balaban J connectivity index is 1.58. The zero-order valence-electron chi connectivity index (χ0n) is 16.8. The van der Waals surface area contributed by atoms with Crippen molar-refractivity contribution in [2.24, 2.45) is 0 Å². The SMILES string of the molecule is CN(CCCNC(=O)CCNS(=O)(=O)/C=C/c1ccccc1)Cc1ccccc1. The van der Waals surface area contributed by atoms with E-state index in [0.717, 1.165) is 30.5 Å². The van der Waals surface area contributed by atoms with E-state index in [1.165, 1.54) is 11.6 Å². The molecule has 0 radical (unpaired) electrons. The number of sulfonamides is 1. The molecular weight excluding hydrogens is 386 g/mol. The fourth-order valence-electron chi connectivity index (χ4n) is 2.73. The zero-order valence-corrected chi connectivity index (χ0v) is 17.6. The van der Waals surface area contributed by atoms with Crippen LogP contribution in [0.15, 0.2) is 66.1 Å². The number of nitrogens with zero attached hydrogens (tertiary/aromatic N) is 1. The maximum atomic E-state index is 11.9. The Bertz CT molecular complexity index is 869. The summed E-state index contributed by atoms with van der Waals surface area (Å²) < 4.78 is 26.3. The van der Waals surface area contributed by atoms with Gasteiger partial charge in [-0.05, 0) is 37.2 Å². The Morgan fingerprint density at radius 2 is 1.66 bits per heavy atom. The summed E-state index contributed by atoms with van der Waals surface area (Å²) in [4.78, 5) is 14.1. The van der Waals surface area contributed by atoms with Crippen LogP contribution in [0.1, 0.15) is 24.0 Å². The lowest BCUT2D eigenvalue weighted by atomic mass is 10.2. The quantitative estimate of drug-likeness (QED) is 0.523. The third-order valence-electron chi connectivity index (χ3n) is 4.23. The van der Waals surface area contributed by atoms with Gasteiger partial charge in [0.15, 0.2) is 0 Å². The van der Waals surface area contributed by atoms with Gasteiger partial charge in [-0.25, -0.2) is 13.1 Å². The van der Waals surface area contributed by atoms with Crippen molar-refractivity contribution in [2.45, 2.75) is 19.4 Å². The Kier molecular flexibility index (Phi) is 9.56. The molecule has 0 aliphatic rings. The van der Waals surface area contributed by atoms with Gasteiger partial charge >= 0.3 is 0 Å². The van der Waals surface area contributed by atoms with Crippen LogP contribution in [-0.2, 0) is 21.4 Å². The van der Waals surface area contributed by atoms with Crippen molar-refractivity contribution < 1.29 is 13.2 Å². The van der Waals surface area contributed by atoms with Crippen LogP contribution < -0.4 is 10.0 Å². The normalized spacial score (nSPS) is 11.8. The Hall–Kier alpha value is -2.48. The molecule has 2 rings (SSSR count). The van der Waals surface area contributed by atoms with Crippen molar-refractivity contribution >= 4 is 22.0 Å². The number of nitrogens with one attached hydrogen (secondary N) is 2. The number of amides is 1. The highest BCUT2D eigenvalue weighted by Gasteiger charge is 2.07. The summed E-state index contributed by atoms with van der Waals surface area (Å²) in [6, 6.07) is 19.4. The minimum absolute atomic E-state index is 0.0706. The average Bonchev–Trinajstić information content (AvgIpc) is 2.71. The van der Waals surface area contributed by atoms with Crippen molar-refractivity contribution in [1.29, 1.82) is 0 Å².